The number of aromatic nitrogens is 3. The molecule has 0 spiro atoms. The number of hydrogen-bond acceptors (Lipinski definition) is 8. The van der Waals surface area contributed by atoms with Gasteiger partial charge in [0.15, 0.2) is 22.5 Å². The van der Waals surface area contributed by atoms with Gasteiger partial charge in [0.25, 0.3) is 0 Å². The number of nitrogens with zero attached hydrogens (tertiary/aromatic N) is 4. The van der Waals surface area contributed by atoms with Gasteiger partial charge in [-0.2, -0.15) is 5.26 Å². The van der Waals surface area contributed by atoms with Crippen molar-refractivity contribution in [1.29, 1.82) is 5.26 Å². The molecule has 0 saturated heterocycles. The maximum absolute atomic E-state index is 12.5. The number of hydrogen-bond donors (Lipinski definition) is 1. The molecule has 1 N–H and O–H groups in total. The van der Waals surface area contributed by atoms with Crippen molar-refractivity contribution in [2.24, 2.45) is 0 Å². The summed E-state index contributed by atoms with van der Waals surface area (Å²) in [5, 5.41) is 24.0. The summed E-state index contributed by atoms with van der Waals surface area (Å²) in [6.45, 7) is 0. The van der Waals surface area contributed by atoms with Crippen LogP contribution in [0.1, 0.15) is 43.7 Å². The van der Waals surface area contributed by atoms with Crippen LogP contribution in [0.5, 0.6) is 11.5 Å². The van der Waals surface area contributed by atoms with Crippen LogP contribution in [0.25, 0.3) is 11.4 Å². The average Bonchev–Trinajstić information content (AvgIpc) is 3.49. The van der Waals surface area contributed by atoms with E-state index in [0.717, 1.165) is 37.1 Å². The standard InChI is InChI=1S/C23H25N5O3S2/c1-30-18-9-8-15(12-19(18)31-2)21-26-27-23(28(21)17-6-4-3-5-7-17)33-14-20(29)25-22-16(13-24)10-11-32-22/h8-12,17H,3-7,14H2,1-2H3,(H,25,29). The predicted molar refractivity (Wildman–Crippen MR) is 129 cm³/mol. The highest BCUT2D eigenvalue weighted by Crippen LogP contribution is 2.38. The van der Waals surface area contributed by atoms with E-state index in [2.05, 4.69) is 26.2 Å². The van der Waals surface area contributed by atoms with Crippen molar-refractivity contribution in [3.8, 4) is 29.0 Å². The minimum Gasteiger partial charge on any atom is -0.493 e. The number of amides is 1. The molecule has 4 rings (SSSR count). The zero-order valence-electron chi connectivity index (χ0n) is 18.5. The molecule has 0 unspecified atom stereocenters. The van der Waals surface area contributed by atoms with E-state index in [4.69, 9.17) is 14.7 Å². The molecule has 172 valence electrons. The molecule has 3 aromatic rings. The smallest absolute Gasteiger partial charge is 0.235 e. The van der Waals surface area contributed by atoms with Crippen molar-refractivity contribution in [1.82, 2.24) is 14.8 Å². The topological polar surface area (TPSA) is 102 Å². The van der Waals surface area contributed by atoms with Gasteiger partial charge in [-0.25, -0.2) is 0 Å². The summed E-state index contributed by atoms with van der Waals surface area (Å²) in [4.78, 5) is 12.5. The molecule has 8 nitrogen and oxygen atoms in total. The first-order valence-corrected chi connectivity index (χ1v) is 12.6. The highest BCUT2D eigenvalue weighted by atomic mass is 32.2. The molecule has 1 aliphatic carbocycles. The van der Waals surface area contributed by atoms with Gasteiger partial charge in [0, 0.05) is 11.6 Å². The molecular formula is C23H25N5O3S2. The summed E-state index contributed by atoms with van der Waals surface area (Å²) in [5.41, 5.74) is 1.36. The Morgan fingerprint density at radius 2 is 2.00 bits per heavy atom. The van der Waals surface area contributed by atoms with Gasteiger partial charge < -0.3 is 14.8 Å². The van der Waals surface area contributed by atoms with Gasteiger partial charge in [-0.3, -0.25) is 9.36 Å². The molecule has 2 aromatic heterocycles. The molecule has 33 heavy (non-hydrogen) atoms. The normalized spacial score (nSPS) is 14.0. The fourth-order valence-corrected chi connectivity index (χ4v) is 5.56. The number of benzene rings is 1. The minimum atomic E-state index is -0.176. The number of thioether (sulfide) groups is 1. The first kappa shape index (κ1) is 23.1. The second-order valence-corrected chi connectivity index (χ2v) is 9.51. The Labute approximate surface area is 200 Å². The molecule has 0 aliphatic heterocycles. The number of carbonyl (C=O) groups is 1. The summed E-state index contributed by atoms with van der Waals surface area (Å²) in [5.74, 6) is 2.05. The van der Waals surface area contributed by atoms with E-state index in [0.29, 0.717) is 27.2 Å². The van der Waals surface area contributed by atoms with Crippen LogP contribution in [0, 0.1) is 11.3 Å². The zero-order chi connectivity index (χ0) is 23.2. The van der Waals surface area contributed by atoms with Crippen LogP contribution in [0.3, 0.4) is 0 Å². The van der Waals surface area contributed by atoms with Gasteiger partial charge in [-0.05, 0) is 42.5 Å². The fourth-order valence-electron chi connectivity index (χ4n) is 4.00. The lowest BCUT2D eigenvalue weighted by atomic mass is 9.95. The number of nitriles is 1. The number of carbonyl (C=O) groups excluding carboxylic acids is 1. The van der Waals surface area contributed by atoms with Gasteiger partial charge in [0.05, 0.1) is 25.5 Å². The Kier molecular flexibility index (Phi) is 7.52. The Morgan fingerprint density at radius 1 is 1.21 bits per heavy atom. The highest BCUT2D eigenvalue weighted by molar-refractivity contribution is 7.99. The Hall–Kier alpha value is -3.03. The molecule has 0 radical (unpaired) electrons. The van der Waals surface area contributed by atoms with Crippen LogP contribution < -0.4 is 14.8 Å². The number of rotatable bonds is 8. The van der Waals surface area contributed by atoms with Gasteiger partial charge in [-0.1, -0.05) is 31.0 Å². The lowest BCUT2D eigenvalue weighted by Crippen LogP contribution is -2.17. The van der Waals surface area contributed by atoms with Crippen molar-refractivity contribution in [2.45, 2.75) is 43.3 Å². The number of thiophene rings is 1. The lowest BCUT2D eigenvalue weighted by molar-refractivity contribution is -0.113. The maximum atomic E-state index is 12.5. The monoisotopic (exact) mass is 483 g/mol. The molecule has 10 heteroatoms. The molecule has 2 heterocycles. The molecule has 1 saturated carbocycles. The van der Waals surface area contributed by atoms with Crippen molar-refractivity contribution in [2.75, 3.05) is 25.3 Å². The van der Waals surface area contributed by atoms with Crippen molar-refractivity contribution in [3.63, 3.8) is 0 Å². The lowest BCUT2D eigenvalue weighted by Gasteiger charge is -2.25. The Morgan fingerprint density at radius 3 is 2.73 bits per heavy atom. The first-order chi connectivity index (χ1) is 16.1. The van der Waals surface area contributed by atoms with Crippen molar-refractivity contribution >= 4 is 34.0 Å². The van der Waals surface area contributed by atoms with E-state index in [9.17, 15) is 4.79 Å². The van der Waals surface area contributed by atoms with E-state index in [1.165, 1.54) is 29.5 Å². The Balaban J connectivity index is 1.59. The summed E-state index contributed by atoms with van der Waals surface area (Å²) in [7, 11) is 3.22. The number of nitrogens with one attached hydrogen (secondary N) is 1. The van der Waals surface area contributed by atoms with E-state index in [1.807, 2.05) is 18.2 Å². The summed E-state index contributed by atoms with van der Waals surface area (Å²) in [6.07, 6.45) is 5.66. The predicted octanol–water partition coefficient (Wildman–Crippen LogP) is 5.13. The van der Waals surface area contributed by atoms with Crippen LogP contribution in [0.4, 0.5) is 5.00 Å². The third kappa shape index (κ3) is 5.15. The molecule has 1 fully saturated rings. The Bertz CT molecular complexity index is 1160. The third-order valence-corrected chi connectivity index (χ3v) is 7.39. The van der Waals surface area contributed by atoms with E-state index < -0.39 is 0 Å². The van der Waals surface area contributed by atoms with Gasteiger partial charge in [-0.15, -0.1) is 21.5 Å². The minimum absolute atomic E-state index is 0.176. The van der Waals surface area contributed by atoms with E-state index in [-0.39, 0.29) is 17.7 Å². The number of anilines is 1. The molecule has 1 aliphatic rings. The zero-order valence-corrected chi connectivity index (χ0v) is 20.2. The summed E-state index contributed by atoms with van der Waals surface area (Å²) < 4.78 is 13.0. The summed E-state index contributed by atoms with van der Waals surface area (Å²) in [6, 6.07) is 9.79. The first-order valence-electron chi connectivity index (χ1n) is 10.7. The van der Waals surface area contributed by atoms with Gasteiger partial charge >= 0.3 is 0 Å². The maximum Gasteiger partial charge on any atom is 0.235 e. The second-order valence-electron chi connectivity index (χ2n) is 7.65. The fraction of sp³-hybridized carbons (Fsp3) is 0.391. The average molecular weight is 484 g/mol. The van der Waals surface area contributed by atoms with Crippen LogP contribution in [0.2, 0.25) is 0 Å². The van der Waals surface area contributed by atoms with Gasteiger partial charge in [0.2, 0.25) is 5.91 Å². The largest absolute Gasteiger partial charge is 0.493 e. The van der Waals surface area contributed by atoms with E-state index in [1.54, 1.807) is 25.7 Å². The molecule has 0 atom stereocenters. The van der Waals surface area contributed by atoms with Crippen LogP contribution in [0.15, 0.2) is 34.8 Å². The van der Waals surface area contributed by atoms with Crippen LogP contribution >= 0.6 is 23.1 Å². The van der Waals surface area contributed by atoms with Crippen molar-refractivity contribution in [3.05, 3.63) is 35.2 Å². The quantitative estimate of drug-likeness (QED) is 0.443. The molecular weight excluding hydrogens is 458 g/mol. The summed E-state index contributed by atoms with van der Waals surface area (Å²) >= 11 is 2.70. The van der Waals surface area contributed by atoms with Crippen LogP contribution in [-0.2, 0) is 4.79 Å². The third-order valence-electron chi connectivity index (χ3n) is 5.62. The van der Waals surface area contributed by atoms with E-state index >= 15 is 0 Å². The molecule has 0 bridgehead atoms. The molecule has 1 amide bonds. The van der Waals surface area contributed by atoms with Crippen molar-refractivity contribution < 1.29 is 14.3 Å². The SMILES string of the molecule is COc1ccc(-c2nnc(SCC(=O)Nc3sccc3C#N)n2C2CCCCC2)cc1OC. The number of methoxy groups -OCH3 is 2. The van der Waals surface area contributed by atoms with Crippen LogP contribution in [-0.4, -0.2) is 40.6 Å². The highest BCUT2D eigenvalue weighted by Gasteiger charge is 2.25. The second kappa shape index (κ2) is 10.7. The molecule has 1 aromatic carbocycles. The van der Waals surface area contributed by atoms with Gasteiger partial charge in [0.1, 0.15) is 11.1 Å². The number of ether oxygens (including phenoxy) is 2.